The van der Waals surface area contributed by atoms with Crippen molar-refractivity contribution in [3.8, 4) is 0 Å². The van der Waals surface area contributed by atoms with Crippen molar-refractivity contribution >= 4 is 18.4 Å². The van der Waals surface area contributed by atoms with Gasteiger partial charge in [0, 0.05) is 6.54 Å². The molecule has 1 aliphatic rings. The molecule has 0 aromatic heterocycles. The normalized spacial score (nSPS) is 27.2. The van der Waals surface area contributed by atoms with Gasteiger partial charge in [-0.3, -0.25) is 4.79 Å². The first kappa shape index (κ1) is 20.0. The monoisotopic (exact) mass is 339 g/mol. The number of carboxylic acids is 1. The first-order valence-corrected chi connectivity index (χ1v) is 8.45. The fourth-order valence-corrected chi connectivity index (χ4v) is 4.32. The van der Waals surface area contributed by atoms with Gasteiger partial charge in [0.15, 0.2) is 0 Å². The average Bonchev–Trinajstić information content (AvgIpc) is 2.43. The number of nitrogens with one attached hydrogen (secondary N) is 1. The predicted octanol–water partition coefficient (Wildman–Crippen LogP) is 4.16. The Hall–Kier alpha value is -1.06. The number of hydrogen-bond acceptors (Lipinski definition) is 2. The van der Waals surface area contributed by atoms with Gasteiger partial charge in [0.1, 0.15) is 0 Å². The molecule has 1 aliphatic carbocycles. The zero-order valence-corrected chi connectivity index (χ0v) is 15.1. The summed E-state index contributed by atoms with van der Waals surface area (Å²) in [6.45, 7) is 6.25. The molecule has 1 aromatic rings. The molecule has 1 fully saturated rings. The Balaban J connectivity index is 0.00000264. The molecule has 4 heteroatoms. The molecule has 1 aromatic carbocycles. The van der Waals surface area contributed by atoms with Crippen LogP contribution in [0.3, 0.4) is 0 Å². The topological polar surface area (TPSA) is 49.3 Å². The number of benzene rings is 1. The Morgan fingerprint density at radius 2 is 1.83 bits per heavy atom. The molecule has 0 heterocycles. The summed E-state index contributed by atoms with van der Waals surface area (Å²) in [6.07, 6.45) is 4.57. The lowest BCUT2D eigenvalue weighted by Gasteiger charge is -2.42. The molecule has 1 saturated carbocycles. The molecule has 0 amide bonds. The van der Waals surface area contributed by atoms with E-state index in [0.29, 0.717) is 18.3 Å². The number of hydrogen-bond donors (Lipinski definition) is 2. The van der Waals surface area contributed by atoms with E-state index in [0.717, 1.165) is 32.4 Å². The van der Waals surface area contributed by atoms with Crippen LogP contribution in [0.4, 0.5) is 0 Å². The third-order valence-corrected chi connectivity index (χ3v) is 4.83. The summed E-state index contributed by atoms with van der Waals surface area (Å²) < 4.78 is 0. The Kier molecular flexibility index (Phi) is 8.07. The van der Waals surface area contributed by atoms with E-state index in [-0.39, 0.29) is 17.8 Å². The smallest absolute Gasteiger partial charge is 0.303 e. The van der Waals surface area contributed by atoms with Gasteiger partial charge in [0.2, 0.25) is 0 Å². The zero-order valence-electron chi connectivity index (χ0n) is 14.3. The standard InChI is InChI=1S/C19H29NO2.ClH/c1-15-10-16(2)12-19(11-15,13-18(21)22)14-20-9-8-17-6-4-3-5-7-17;/h3-7,15-16,20H,8-14H2,1-2H3,(H,21,22);1H/t15-,16+,19?;. The molecule has 130 valence electrons. The van der Waals surface area contributed by atoms with Crippen molar-refractivity contribution in [1.82, 2.24) is 5.32 Å². The molecule has 0 spiro atoms. The average molecular weight is 340 g/mol. The van der Waals surface area contributed by atoms with Crippen molar-refractivity contribution in [2.75, 3.05) is 13.1 Å². The van der Waals surface area contributed by atoms with Crippen LogP contribution in [-0.2, 0) is 11.2 Å². The Morgan fingerprint density at radius 3 is 2.39 bits per heavy atom. The van der Waals surface area contributed by atoms with Gasteiger partial charge < -0.3 is 10.4 Å². The highest BCUT2D eigenvalue weighted by atomic mass is 35.5. The minimum atomic E-state index is -0.661. The molecular weight excluding hydrogens is 310 g/mol. The highest BCUT2D eigenvalue weighted by molar-refractivity contribution is 5.85. The van der Waals surface area contributed by atoms with Crippen molar-refractivity contribution in [1.29, 1.82) is 0 Å². The van der Waals surface area contributed by atoms with Gasteiger partial charge in [-0.15, -0.1) is 12.4 Å². The number of carbonyl (C=O) groups is 1. The van der Waals surface area contributed by atoms with E-state index < -0.39 is 5.97 Å². The van der Waals surface area contributed by atoms with E-state index in [1.807, 2.05) is 6.07 Å². The fourth-order valence-electron chi connectivity index (χ4n) is 4.32. The zero-order chi connectivity index (χ0) is 16.0. The van der Waals surface area contributed by atoms with Gasteiger partial charge in [-0.2, -0.15) is 0 Å². The molecule has 2 N–H and O–H groups in total. The van der Waals surface area contributed by atoms with Gasteiger partial charge >= 0.3 is 5.97 Å². The highest BCUT2D eigenvalue weighted by Gasteiger charge is 2.39. The van der Waals surface area contributed by atoms with Crippen LogP contribution in [0.2, 0.25) is 0 Å². The molecule has 3 nitrogen and oxygen atoms in total. The number of halogens is 1. The molecular formula is C19H30ClNO2. The number of carboxylic acid groups (broad SMARTS) is 1. The minimum Gasteiger partial charge on any atom is -0.481 e. The second kappa shape index (κ2) is 9.29. The molecule has 3 atom stereocenters. The van der Waals surface area contributed by atoms with E-state index in [4.69, 9.17) is 0 Å². The van der Waals surface area contributed by atoms with E-state index in [9.17, 15) is 9.90 Å². The van der Waals surface area contributed by atoms with Crippen LogP contribution >= 0.6 is 12.4 Å². The summed E-state index contributed by atoms with van der Waals surface area (Å²) >= 11 is 0. The van der Waals surface area contributed by atoms with Gasteiger partial charge in [-0.1, -0.05) is 44.2 Å². The highest BCUT2D eigenvalue weighted by Crippen LogP contribution is 2.44. The SMILES string of the molecule is C[C@@H]1C[C@H](C)CC(CNCCc2ccccc2)(CC(=O)O)C1.Cl. The van der Waals surface area contributed by atoms with Crippen molar-refractivity contribution in [3.63, 3.8) is 0 Å². The summed E-state index contributed by atoms with van der Waals surface area (Å²) in [5.41, 5.74) is 1.26. The van der Waals surface area contributed by atoms with Crippen molar-refractivity contribution in [3.05, 3.63) is 35.9 Å². The van der Waals surface area contributed by atoms with Gasteiger partial charge in [0.25, 0.3) is 0 Å². The van der Waals surface area contributed by atoms with Gasteiger partial charge in [-0.05, 0) is 55.0 Å². The molecule has 0 aliphatic heterocycles. The van der Waals surface area contributed by atoms with E-state index in [1.165, 1.54) is 12.0 Å². The quantitative estimate of drug-likeness (QED) is 0.733. The van der Waals surface area contributed by atoms with Crippen LogP contribution in [0.15, 0.2) is 30.3 Å². The maximum absolute atomic E-state index is 11.3. The molecule has 0 radical (unpaired) electrons. The van der Waals surface area contributed by atoms with E-state index >= 15 is 0 Å². The second-order valence-corrected chi connectivity index (χ2v) is 7.34. The van der Waals surface area contributed by atoms with E-state index in [2.05, 4.69) is 43.4 Å². The van der Waals surface area contributed by atoms with Crippen LogP contribution in [-0.4, -0.2) is 24.2 Å². The largest absolute Gasteiger partial charge is 0.481 e. The Labute approximate surface area is 146 Å². The predicted molar refractivity (Wildman–Crippen MR) is 97.1 cm³/mol. The molecule has 0 saturated heterocycles. The lowest BCUT2D eigenvalue weighted by molar-refractivity contribution is -0.140. The van der Waals surface area contributed by atoms with Crippen LogP contribution in [0.1, 0.15) is 45.1 Å². The van der Waals surface area contributed by atoms with Crippen LogP contribution in [0.5, 0.6) is 0 Å². The minimum absolute atomic E-state index is 0. The second-order valence-electron chi connectivity index (χ2n) is 7.34. The summed E-state index contributed by atoms with van der Waals surface area (Å²) in [7, 11) is 0. The van der Waals surface area contributed by atoms with Gasteiger partial charge in [-0.25, -0.2) is 0 Å². The summed E-state index contributed by atoms with van der Waals surface area (Å²) in [5, 5.41) is 12.8. The summed E-state index contributed by atoms with van der Waals surface area (Å²) in [4.78, 5) is 11.3. The van der Waals surface area contributed by atoms with E-state index in [1.54, 1.807) is 0 Å². The molecule has 23 heavy (non-hydrogen) atoms. The maximum atomic E-state index is 11.3. The van der Waals surface area contributed by atoms with Crippen molar-refractivity contribution in [2.24, 2.45) is 17.3 Å². The number of aliphatic carboxylic acids is 1. The summed E-state index contributed by atoms with van der Waals surface area (Å²) in [5.74, 6) is 0.587. The third-order valence-electron chi connectivity index (χ3n) is 4.83. The molecule has 1 unspecified atom stereocenters. The lowest BCUT2D eigenvalue weighted by Crippen LogP contribution is -2.42. The first-order chi connectivity index (χ1) is 10.5. The van der Waals surface area contributed by atoms with Crippen LogP contribution < -0.4 is 5.32 Å². The fraction of sp³-hybridized carbons (Fsp3) is 0.632. The maximum Gasteiger partial charge on any atom is 0.303 e. The first-order valence-electron chi connectivity index (χ1n) is 8.45. The van der Waals surface area contributed by atoms with Crippen molar-refractivity contribution < 1.29 is 9.90 Å². The Morgan fingerprint density at radius 1 is 1.22 bits per heavy atom. The molecule has 2 rings (SSSR count). The van der Waals surface area contributed by atoms with Crippen LogP contribution in [0, 0.1) is 17.3 Å². The van der Waals surface area contributed by atoms with Crippen molar-refractivity contribution in [2.45, 2.75) is 46.0 Å². The molecule has 0 bridgehead atoms. The Bertz CT molecular complexity index is 468. The number of rotatable bonds is 7. The van der Waals surface area contributed by atoms with Crippen LogP contribution in [0.25, 0.3) is 0 Å². The third kappa shape index (κ3) is 6.52. The summed E-state index contributed by atoms with van der Waals surface area (Å²) in [6, 6.07) is 10.4. The lowest BCUT2D eigenvalue weighted by atomic mass is 9.64. The van der Waals surface area contributed by atoms with Gasteiger partial charge in [0.05, 0.1) is 6.42 Å².